The smallest absolute Gasteiger partial charge is 0.271 e. The van der Waals surface area contributed by atoms with E-state index in [0.29, 0.717) is 28.7 Å². The van der Waals surface area contributed by atoms with Gasteiger partial charge in [-0.1, -0.05) is 24.3 Å². The predicted octanol–water partition coefficient (Wildman–Crippen LogP) is 4.28. The summed E-state index contributed by atoms with van der Waals surface area (Å²) in [5.41, 5.74) is 3.71. The molecular weight excluding hydrogens is 455 g/mol. The lowest BCUT2D eigenvalue weighted by atomic mass is 10.2. The van der Waals surface area contributed by atoms with Crippen molar-refractivity contribution in [1.29, 1.82) is 0 Å². The number of ether oxygens (including phenoxy) is 2. The largest absolute Gasteiger partial charge is 0.493 e. The number of carbonyl (C=O) groups excluding carboxylic acids is 1. The summed E-state index contributed by atoms with van der Waals surface area (Å²) >= 11 is 7.95. The SMILES string of the molecule is C=CCOc1c(I)cc(/C=N\NC(=O)c2ccc(Cl)cc2)cc1OC. The lowest BCUT2D eigenvalue weighted by Gasteiger charge is -2.12. The molecule has 0 bridgehead atoms. The highest BCUT2D eigenvalue weighted by Crippen LogP contribution is 2.33. The van der Waals surface area contributed by atoms with Crippen molar-refractivity contribution in [2.45, 2.75) is 0 Å². The zero-order valence-corrected chi connectivity index (χ0v) is 16.4. The standard InChI is InChI=1S/C18H16ClIN2O3/c1-3-8-25-17-15(20)9-12(10-16(17)24-2)11-21-22-18(23)13-4-6-14(19)7-5-13/h3-7,9-11H,1,8H2,2H3,(H,22,23)/b21-11-. The minimum atomic E-state index is -0.319. The predicted molar refractivity (Wildman–Crippen MR) is 108 cm³/mol. The summed E-state index contributed by atoms with van der Waals surface area (Å²) in [6, 6.07) is 10.2. The fraction of sp³-hybridized carbons (Fsp3) is 0.111. The first-order chi connectivity index (χ1) is 12.0. The van der Waals surface area contributed by atoms with Crippen LogP contribution in [0.5, 0.6) is 11.5 Å². The van der Waals surface area contributed by atoms with Crippen LogP contribution in [-0.4, -0.2) is 25.8 Å². The van der Waals surface area contributed by atoms with E-state index in [1.54, 1.807) is 43.5 Å². The van der Waals surface area contributed by atoms with Gasteiger partial charge >= 0.3 is 0 Å². The zero-order chi connectivity index (χ0) is 18.2. The number of carbonyl (C=O) groups is 1. The molecule has 0 atom stereocenters. The average Bonchev–Trinajstić information content (AvgIpc) is 2.61. The van der Waals surface area contributed by atoms with Gasteiger partial charge in [-0.05, 0) is 64.6 Å². The van der Waals surface area contributed by atoms with Crippen LogP contribution in [0.1, 0.15) is 15.9 Å². The normalized spacial score (nSPS) is 10.5. The number of benzene rings is 2. The number of halogens is 2. The molecule has 0 aliphatic carbocycles. The second-order valence-corrected chi connectivity index (χ2v) is 6.44. The van der Waals surface area contributed by atoms with Crippen molar-refractivity contribution in [3.05, 3.63) is 68.8 Å². The molecule has 1 amide bonds. The maximum Gasteiger partial charge on any atom is 0.271 e. The number of amides is 1. The van der Waals surface area contributed by atoms with E-state index >= 15 is 0 Å². The van der Waals surface area contributed by atoms with Gasteiger partial charge in [0.1, 0.15) is 6.61 Å². The molecule has 2 aromatic carbocycles. The molecule has 25 heavy (non-hydrogen) atoms. The molecule has 0 aliphatic rings. The quantitative estimate of drug-likeness (QED) is 0.284. The topological polar surface area (TPSA) is 59.9 Å². The highest BCUT2D eigenvalue weighted by Gasteiger charge is 2.10. The van der Waals surface area contributed by atoms with Crippen LogP contribution in [-0.2, 0) is 0 Å². The number of rotatable bonds is 7. The maximum absolute atomic E-state index is 12.0. The lowest BCUT2D eigenvalue weighted by molar-refractivity contribution is 0.0955. The molecule has 0 fully saturated rings. The number of hydrogen-bond acceptors (Lipinski definition) is 4. The van der Waals surface area contributed by atoms with E-state index in [9.17, 15) is 4.79 Å². The Balaban J connectivity index is 2.09. The molecule has 1 N–H and O–H groups in total. The Morgan fingerprint density at radius 3 is 2.72 bits per heavy atom. The van der Waals surface area contributed by atoms with E-state index in [4.69, 9.17) is 21.1 Å². The van der Waals surface area contributed by atoms with Gasteiger partial charge in [-0.3, -0.25) is 4.79 Å². The highest BCUT2D eigenvalue weighted by molar-refractivity contribution is 14.1. The Morgan fingerprint density at radius 1 is 1.36 bits per heavy atom. The number of methoxy groups -OCH3 is 1. The third-order valence-electron chi connectivity index (χ3n) is 3.08. The van der Waals surface area contributed by atoms with E-state index < -0.39 is 0 Å². The molecule has 130 valence electrons. The molecule has 0 spiro atoms. The van der Waals surface area contributed by atoms with E-state index in [-0.39, 0.29) is 5.91 Å². The van der Waals surface area contributed by atoms with Gasteiger partial charge in [0.15, 0.2) is 11.5 Å². The van der Waals surface area contributed by atoms with Crippen LogP contribution in [0.4, 0.5) is 0 Å². The molecule has 0 aliphatic heterocycles. The first-order valence-electron chi connectivity index (χ1n) is 7.25. The average molecular weight is 471 g/mol. The molecular formula is C18H16ClIN2O3. The summed E-state index contributed by atoms with van der Waals surface area (Å²) in [6.07, 6.45) is 3.20. The van der Waals surface area contributed by atoms with Crippen molar-refractivity contribution in [2.24, 2.45) is 5.10 Å². The second-order valence-electron chi connectivity index (χ2n) is 4.84. The van der Waals surface area contributed by atoms with Gasteiger partial charge in [0, 0.05) is 10.6 Å². The number of nitrogens with zero attached hydrogens (tertiary/aromatic N) is 1. The second kappa shape index (κ2) is 9.43. The minimum Gasteiger partial charge on any atom is -0.493 e. The van der Waals surface area contributed by atoms with Crippen LogP contribution in [0.15, 0.2) is 54.2 Å². The number of nitrogens with one attached hydrogen (secondary N) is 1. The Bertz CT molecular complexity index is 792. The summed E-state index contributed by atoms with van der Waals surface area (Å²) in [5, 5.41) is 4.55. The Labute approximate surface area is 164 Å². The third-order valence-corrected chi connectivity index (χ3v) is 4.14. The van der Waals surface area contributed by atoms with Gasteiger partial charge in [-0.15, -0.1) is 0 Å². The summed E-state index contributed by atoms with van der Waals surface area (Å²) < 4.78 is 11.8. The van der Waals surface area contributed by atoms with Gasteiger partial charge in [0.25, 0.3) is 5.91 Å². The first-order valence-corrected chi connectivity index (χ1v) is 8.71. The summed E-state index contributed by atoms with van der Waals surface area (Å²) in [7, 11) is 1.56. The summed E-state index contributed by atoms with van der Waals surface area (Å²) in [6.45, 7) is 4.01. The van der Waals surface area contributed by atoms with Crippen LogP contribution in [0, 0.1) is 3.57 Å². The van der Waals surface area contributed by atoms with Crippen LogP contribution in [0.25, 0.3) is 0 Å². The highest BCUT2D eigenvalue weighted by atomic mass is 127. The van der Waals surface area contributed by atoms with Gasteiger partial charge in [-0.25, -0.2) is 5.43 Å². The van der Waals surface area contributed by atoms with Crippen molar-refractivity contribution in [1.82, 2.24) is 5.43 Å². The van der Waals surface area contributed by atoms with Crippen LogP contribution in [0.2, 0.25) is 5.02 Å². The lowest BCUT2D eigenvalue weighted by Crippen LogP contribution is -2.17. The molecule has 0 saturated carbocycles. The third kappa shape index (κ3) is 5.47. The number of hydrazone groups is 1. The molecule has 0 unspecified atom stereocenters. The van der Waals surface area contributed by atoms with E-state index in [1.807, 2.05) is 6.07 Å². The van der Waals surface area contributed by atoms with Gasteiger partial charge in [0.2, 0.25) is 0 Å². The van der Waals surface area contributed by atoms with E-state index in [1.165, 1.54) is 6.21 Å². The molecule has 0 saturated heterocycles. The maximum atomic E-state index is 12.0. The van der Waals surface area contributed by atoms with Crippen LogP contribution < -0.4 is 14.9 Å². The van der Waals surface area contributed by atoms with E-state index in [2.05, 4.69) is 39.7 Å². The van der Waals surface area contributed by atoms with Gasteiger partial charge in [-0.2, -0.15) is 5.10 Å². The molecule has 2 aromatic rings. The van der Waals surface area contributed by atoms with Crippen LogP contribution in [0.3, 0.4) is 0 Å². The van der Waals surface area contributed by atoms with Gasteiger partial charge in [0.05, 0.1) is 16.9 Å². The van der Waals surface area contributed by atoms with Crippen molar-refractivity contribution >= 4 is 46.3 Å². The van der Waals surface area contributed by atoms with Crippen molar-refractivity contribution in [3.8, 4) is 11.5 Å². The molecule has 5 nitrogen and oxygen atoms in total. The summed E-state index contributed by atoms with van der Waals surface area (Å²) in [5.74, 6) is 0.907. The molecule has 2 rings (SSSR count). The summed E-state index contributed by atoms with van der Waals surface area (Å²) in [4.78, 5) is 12.0. The van der Waals surface area contributed by atoms with E-state index in [0.717, 1.165) is 9.13 Å². The fourth-order valence-corrected chi connectivity index (χ4v) is 2.83. The van der Waals surface area contributed by atoms with Crippen molar-refractivity contribution < 1.29 is 14.3 Å². The van der Waals surface area contributed by atoms with Gasteiger partial charge < -0.3 is 9.47 Å². The Kier molecular flexibility index (Phi) is 7.27. The molecule has 0 radical (unpaired) electrons. The first kappa shape index (κ1) is 19.3. The Morgan fingerprint density at radius 2 is 2.08 bits per heavy atom. The molecule has 0 aromatic heterocycles. The number of hydrogen-bond donors (Lipinski definition) is 1. The van der Waals surface area contributed by atoms with Crippen LogP contribution >= 0.6 is 34.2 Å². The molecule has 0 heterocycles. The zero-order valence-electron chi connectivity index (χ0n) is 13.5. The van der Waals surface area contributed by atoms with Crippen molar-refractivity contribution in [2.75, 3.05) is 13.7 Å². The fourth-order valence-electron chi connectivity index (χ4n) is 1.93. The Hall–Kier alpha value is -2.06. The minimum absolute atomic E-state index is 0.319. The monoisotopic (exact) mass is 470 g/mol. The molecule has 7 heteroatoms. The van der Waals surface area contributed by atoms with Crippen molar-refractivity contribution in [3.63, 3.8) is 0 Å².